The highest BCUT2D eigenvalue weighted by Gasteiger charge is 2.26. The number of unbranched alkanes of at least 4 members (excludes halogenated alkanes) is 18. The molecule has 0 unspecified atom stereocenters. The molecule has 2 rings (SSSR count). The molecule has 1 N–H and O–H groups in total. The average molecular weight is 634 g/mol. The summed E-state index contributed by atoms with van der Waals surface area (Å²) in [5.74, 6) is 0. The summed E-state index contributed by atoms with van der Waals surface area (Å²) in [5.41, 5.74) is 1.85. The average Bonchev–Trinajstić information content (AvgIpc) is 2.99. The maximum atomic E-state index is 13.4. The van der Waals surface area contributed by atoms with Gasteiger partial charge in [0.2, 0.25) is 0 Å². The Kier molecular flexibility index (Phi) is 19.1. The van der Waals surface area contributed by atoms with Crippen molar-refractivity contribution >= 4 is 20.0 Å². The van der Waals surface area contributed by atoms with E-state index >= 15 is 0 Å². The number of rotatable bonds is 26. The highest BCUT2D eigenvalue weighted by Crippen LogP contribution is 2.24. The van der Waals surface area contributed by atoms with Crippen LogP contribution in [0.2, 0.25) is 0 Å². The zero-order chi connectivity index (χ0) is 31.2. The van der Waals surface area contributed by atoms with Gasteiger partial charge in [0.15, 0.2) is 0 Å². The van der Waals surface area contributed by atoms with Crippen molar-refractivity contribution in [1.82, 2.24) is 4.13 Å². The molecular formula is C36H59NO4S2. The van der Waals surface area contributed by atoms with Gasteiger partial charge in [-0.25, -0.2) is 16.8 Å². The van der Waals surface area contributed by atoms with E-state index in [1.807, 2.05) is 16.3 Å². The van der Waals surface area contributed by atoms with Crippen molar-refractivity contribution < 1.29 is 16.8 Å². The van der Waals surface area contributed by atoms with Crippen LogP contribution in [-0.2, 0) is 32.9 Å². The van der Waals surface area contributed by atoms with Crippen molar-refractivity contribution in [2.75, 3.05) is 0 Å². The van der Waals surface area contributed by atoms with E-state index < -0.39 is 20.0 Å². The Morgan fingerprint density at radius 2 is 0.930 bits per heavy atom. The molecule has 0 saturated carbocycles. The van der Waals surface area contributed by atoms with Crippen molar-refractivity contribution in [3.8, 4) is 0 Å². The predicted molar refractivity (Wildman–Crippen MR) is 181 cm³/mol. The summed E-state index contributed by atoms with van der Waals surface area (Å²) in [7, 11) is -8.47. The maximum Gasteiger partial charge on any atom is 0.254 e. The van der Waals surface area contributed by atoms with Crippen molar-refractivity contribution in [3.63, 3.8) is 0 Å². The number of nitrogens with one attached hydrogen (secondary N) is 1. The lowest BCUT2D eigenvalue weighted by atomic mass is 9.99. The van der Waals surface area contributed by atoms with Crippen LogP contribution in [0, 0.1) is 0 Å². The van der Waals surface area contributed by atoms with Crippen LogP contribution in [0.15, 0.2) is 58.3 Å². The lowest BCUT2D eigenvalue weighted by Crippen LogP contribution is -2.31. The second-order valence-corrected chi connectivity index (χ2v) is 15.8. The number of hydrogen-bond donors (Lipinski definition) is 1. The molecule has 0 heterocycles. The van der Waals surface area contributed by atoms with Crippen molar-refractivity contribution in [2.45, 2.75) is 165 Å². The largest absolute Gasteiger partial charge is 0.254 e. The standard InChI is InChI=1S/C36H59NO4S2/c1-3-5-7-9-11-13-15-17-19-22-26-33-30-31-36(43(40,41)37-42(38,39)35-28-24-21-25-29-35)34(32-33)27-23-20-18-16-14-12-10-8-6-4-2/h21,24-25,28-32,37H,3-20,22-23,26-27H2,1-2H3. The first kappa shape index (κ1) is 37.5. The molecule has 0 saturated heterocycles. The van der Waals surface area contributed by atoms with E-state index in [4.69, 9.17) is 0 Å². The molecule has 5 nitrogen and oxygen atoms in total. The third-order valence-corrected chi connectivity index (χ3v) is 11.9. The molecule has 0 aromatic heterocycles. The molecule has 0 aliphatic heterocycles. The molecular weight excluding hydrogens is 575 g/mol. The maximum absolute atomic E-state index is 13.4. The Hall–Kier alpha value is -1.70. The second kappa shape index (κ2) is 21.9. The van der Waals surface area contributed by atoms with Gasteiger partial charge in [0.05, 0.1) is 9.79 Å². The third-order valence-electron chi connectivity index (χ3n) is 8.31. The molecule has 244 valence electrons. The summed E-state index contributed by atoms with van der Waals surface area (Å²) in [6.45, 7) is 4.49. The van der Waals surface area contributed by atoms with E-state index in [1.165, 1.54) is 115 Å². The third kappa shape index (κ3) is 15.7. The van der Waals surface area contributed by atoms with E-state index in [0.717, 1.165) is 43.2 Å². The lowest BCUT2D eigenvalue weighted by molar-refractivity contribution is 0.554. The number of aryl methyl sites for hydroxylation is 2. The van der Waals surface area contributed by atoms with Gasteiger partial charge in [0.25, 0.3) is 20.0 Å². The summed E-state index contributed by atoms with van der Waals surface area (Å²) in [6.07, 6.45) is 26.5. The molecule has 0 atom stereocenters. The van der Waals surface area contributed by atoms with Crippen molar-refractivity contribution in [1.29, 1.82) is 0 Å². The van der Waals surface area contributed by atoms with Gasteiger partial charge in [-0.1, -0.05) is 160 Å². The van der Waals surface area contributed by atoms with Crippen LogP contribution in [0.1, 0.15) is 153 Å². The summed E-state index contributed by atoms with van der Waals surface area (Å²) in [4.78, 5) is 0.0159. The molecule has 0 aliphatic carbocycles. The van der Waals surface area contributed by atoms with Gasteiger partial charge in [-0.3, -0.25) is 0 Å². The Morgan fingerprint density at radius 1 is 0.488 bits per heavy atom. The minimum atomic E-state index is -4.26. The molecule has 2 aromatic carbocycles. The monoisotopic (exact) mass is 633 g/mol. The first-order valence-corrected chi connectivity index (χ1v) is 20.2. The normalized spacial score (nSPS) is 12.1. The van der Waals surface area contributed by atoms with E-state index in [2.05, 4.69) is 13.8 Å². The quantitative estimate of drug-likeness (QED) is 0.105. The summed E-state index contributed by atoms with van der Waals surface area (Å²) in [5, 5.41) is 0. The fraction of sp³-hybridized carbons (Fsp3) is 0.667. The summed E-state index contributed by atoms with van der Waals surface area (Å²) < 4.78 is 54.5. The number of sulfonamides is 2. The lowest BCUT2D eigenvalue weighted by Gasteiger charge is -2.14. The zero-order valence-corrected chi connectivity index (χ0v) is 28.8. The van der Waals surface area contributed by atoms with Gasteiger partial charge in [0, 0.05) is 0 Å². The Labute approximate surface area is 264 Å². The van der Waals surface area contributed by atoms with E-state index in [-0.39, 0.29) is 9.79 Å². The van der Waals surface area contributed by atoms with Crippen LogP contribution in [-0.4, -0.2) is 16.8 Å². The van der Waals surface area contributed by atoms with Crippen LogP contribution in [0.25, 0.3) is 0 Å². The molecule has 0 fully saturated rings. The van der Waals surface area contributed by atoms with E-state index in [1.54, 1.807) is 24.3 Å². The van der Waals surface area contributed by atoms with Crippen LogP contribution in [0.5, 0.6) is 0 Å². The van der Waals surface area contributed by atoms with Gasteiger partial charge in [0.1, 0.15) is 0 Å². The SMILES string of the molecule is CCCCCCCCCCCCc1ccc(S(=O)(=O)NS(=O)(=O)c2ccccc2)c(CCCCCCCCCCCC)c1. The summed E-state index contributed by atoms with van der Waals surface area (Å²) >= 11 is 0. The Balaban J connectivity index is 1.96. The first-order chi connectivity index (χ1) is 20.8. The van der Waals surface area contributed by atoms with E-state index in [9.17, 15) is 16.8 Å². The summed E-state index contributed by atoms with van der Waals surface area (Å²) in [6, 6.07) is 13.1. The number of hydrogen-bond acceptors (Lipinski definition) is 4. The van der Waals surface area contributed by atoms with Crippen molar-refractivity contribution in [2.24, 2.45) is 0 Å². The molecule has 0 radical (unpaired) electrons. The van der Waals surface area contributed by atoms with Crippen LogP contribution >= 0.6 is 0 Å². The fourth-order valence-electron chi connectivity index (χ4n) is 5.70. The van der Waals surface area contributed by atoms with Crippen LogP contribution in [0.4, 0.5) is 0 Å². The molecule has 0 bridgehead atoms. The Bertz CT molecular complexity index is 1210. The minimum absolute atomic E-state index is 0.0626. The fourth-order valence-corrected chi connectivity index (χ4v) is 8.87. The topological polar surface area (TPSA) is 80.3 Å². The minimum Gasteiger partial charge on any atom is -0.206 e. The van der Waals surface area contributed by atoms with Gasteiger partial charge < -0.3 is 0 Å². The number of benzene rings is 2. The molecule has 0 spiro atoms. The molecule has 7 heteroatoms. The van der Waals surface area contributed by atoms with Gasteiger partial charge in [-0.15, -0.1) is 4.13 Å². The van der Waals surface area contributed by atoms with Gasteiger partial charge in [-0.2, -0.15) is 0 Å². The Morgan fingerprint density at radius 3 is 1.42 bits per heavy atom. The smallest absolute Gasteiger partial charge is 0.206 e. The highest BCUT2D eigenvalue weighted by molar-refractivity contribution is 8.04. The van der Waals surface area contributed by atoms with Gasteiger partial charge >= 0.3 is 0 Å². The highest BCUT2D eigenvalue weighted by atomic mass is 32.3. The van der Waals surface area contributed by atoms with Crippen LogP contribution in [0.3, 0.4) is 0 Å². The predicted octanol–water partition coefficient (Wildman–Crippen LogP) is 10.3. The molecule has 2 aromatic rings. The van der Waals surface area contributed by atoms with Crippen LogP contribution < -0.4 is 4.13 Å². The zero-order valence-electron chi connectivity index (χ0n) is 27.1. The molecule has 0 amide bonds. The van der Waals surface area contributed by atoms with E-state index in [0.29, 0.717) is 6.42 Å². The molecule has 0 aliphatic rings. The molecule has 43 heavy (non-hydrogen) atoms. The van der Waals surface area contributed by atoms with Crippen molar-refractivity contribution in [3.05, 3.63) is 59.7 Å². The first-order valence-electron chi connectivity index (χ1n) is 17.3. The van der Waals surface area contributed by atoms with Gasteiger partial charge in [-0.05, 0) is 55.0 Å². The second-order valence-electron chi connectivity index (χ2n) is 12.2.